The van der Waals surface area contributed by atoms with Crippen molar-refractivity contribution >= 4 is 40.9 Å². The number of hydrogen-bond donors (Lipinski definition) is 3. The third kappa shape index (κ3) is 7.15. The summed E-state index contributed by atoms with van der Waals surface area (Å²) < 4.78 is 5.43. The van der Waals surface area contributed by atoms with E-state index in [2.05, 4.69) is 16.2 Å². The predicted molar refractivity (Wildman–Crippen MR) is 120 cm³/mol. The quantitative estimate of drug-likeness (QED) is 0.544. The van der Waals surface area contributed by atoms with Crippen LogP contribution >= 0.6 is 23.2 Å². The van der Waals surface area contributed by atoms with Crippen LogP contribution in [-0.4, -0.2) is 30.4 Å². The molecule has 7 nitrogen and oxygen atoms in total. The number of hydrazine groups is 1. The minimum atomic E-state index is -0.903. The molecule has 2 aromatic carbocycles. The van der Waals surface area contributed by atoms with Crippen LogP contribution < -0.4 is 20.9 Å². The fourth-order valence-electron chi connectivity index (χ4n) is 2.63. The Balaban J connectivity index is 1.90. The fraction of sp³-hybridized carbons (Fsp3) is 0.318. The summed E-state index contributed by atoms with van der Waals surface area (Å²) in [5.74, 6) is -1.34. The highest BCUT2D eigenvalue weighted by Gasteiger charge is 2.26. The van der Waals surface area contributed by atoms with E-state index in [9.17, 15) is 14.4 Å². The van der Waals surface area contributed by atoms with Crippen LogP contribution in [0.15, 0.2) is 36.4 Å². The molecular weight excluding hydrogens is 441 g/mol. The van der Waals surface area contributed by atoms with Crippen LogP contribution in [0.4, 0.5) is 0 Å². The van der Waals surface area contributed by atoms with Crippen LogP contribution in [0, 0.1) is 19.8 Å². The second kappa shape index (κ2) is 11.0. The van der Waals surface area contributed by atoms with Gasteiger partial charge in [-0.05, 0) is 61.2 Å². The van der Waals surface area contributed by atoms with E-state index >= 15 is 0 Å². The van der Waals surface area contributed by atoms with E-state index in [0.29, 0.717) is 10.8 Å². The standard InChI is InChI=1S/C22H25Cl2N3O4/c1-12(2)20(25-21(29)17-8-6-15(23)10-18(17)24)22(30)27-26-19(28)11-31-16-7-5-13(3)14(4)9-16/h5-10,12,20H,11H2,1-4H3,(H,25,29)(H,26,28)(H,27,30)/t20-/m0/s1. The molecule has 3 amide bonds. The molecule has 31 heavy (non-hydrogen) atoms. The van der Waals surface area contributed by atoms with Crippen molar-refractivity contribution in [2.75, 3.05) is 6.61 Å². The minimum absolute atomic E-state index is 0.171. The molecule has 0 aromatic heterocycles. The summed E-state index contributed by atoms with van der Waals surface area (Å²) in [7, 11) is 0. The van der Waals surface area contributed by atoms with Crippen LogP contribution in [-0.2, 0) is 9.59 Å². The van der Waals surface area contributed by atoms with Crippen molar-refractivity contribution in [3.8, 4) is 5.75 Å². The molecule has 0 aliphatic rings. The molecule has 3 N–H and O–H groups in total. The summed E-state index contributed by atoms with van der Waals surface area (Å²) in [6.45, 7) is 7.17. The van der Waals surface area contributed by atoms with Gasteiger partial charge in [0.05, 0.1) is 10.6 Å². The molecular formula is C22H25Cl2N3O4. The first kappa shape index (κ1) is 24.5. The Morgan fingerprint density at radius 1 is 0.968 bits per heavy atom. The number of carbonyl (C=O) groups is 3. The van der Waals surface area contributed by atoms with Crippen molar-refractivity contribution in [1.82, 2.24) is 16.2 Å². The van der Waals surface area contributed by atoms with Crippen LogP contribution in [0.2, 0.25) is 10.0 Å². The molecule has 2 rings (SSSR count). The van der Waals surface area contributed by atoms with Gasteiger partial charge in [-0.3, -0.25) is 25.2 Å². The molecule has 0 aliphatic carbocycles. The topological polar surface area (TPSA) is 96.5 Å². The maximum Gasteiger partial charge on any atom is 0.276 e. The Bertz CT molecular complexity index is 979. The molecule has 2 aromatic rings. The molecule has 0 unspecified atom stereocenters. The Morgan fingerprint density at radius 2 is 1.68 bits per heavy atom. The van der Waals surface area contributed by atoms with E-state index in [1.165, 1.54) is 18.2 Å². The van der Waals surface area contributed by atoms with Gasteiger partial charge < -0.3 is 10.1 Å². The van der Waals surface area contributed by atoms with Crippen molar-refractivity contribution in [3.63, 3.8) is 0 Å². The van der Waals surface area contributed by atoms with E-state index in [0.717, 1.165) is 11.1 Å². The van der Waals surface area contributed by atoms with Gasteiger partial charge in [-0.25, -0.2) is 0 Å². The normalized spacial score (nSPS) is 11.6. The highest BCUT2D eigenvalue weighted by Crippen LogP contribution is 2.21. The number of nitrogens with one attached hydrogen (secondary N) is 3. The average molecular weight is 466 g/mol. The molecule has 1 atom stereocenters. The lowest BCUT2D eigenvalue weighted by Gasteiger charge is -2.22. The van der Waals surface area contributed by atoms with E-state index in [-0.39, 0.29) is 23.1 Å². The van der Waals surface area contributed by atoms with Gasteiger partial charge in [-0.1, -0.05) is 43.1 Å². The van der Waals surface area contributed by atoms with E-state index < -0.39 is 23.8 Å². The van der Waals surface area contributed by atoms with Gasteiger partial charge >= 0.3 is 0 Å². The van der Waals surface area contributed by atoms with Crippen LogP contribution in [0.3, 0.4) is 0 Å². The summed E-state index contributed by atoms with van der Waals surface area (Å²) in [4.78, 5) is 37.1. The Hall–Kier alpha value is -2.77. The van der Waals surface area contributed by atoms with Gasteiger partial charge in [0.15, 0.2) is 6.61 Å². The lowest BCUT2D eigenvalue weighted by molar-refractivity contribution is -0.131. The van der Waals surface area contributed by atoms with E-state index in [1.807, 2.05) is 26.0 Å². The lowest BCUT2D eigenvalue weighted by atomic mass is 10.0. The highest BCUT2D eigenvalue weighted by molar-refractivity contribution is 6.36. The summed E-state index contributed by atoms with van der Waals surface area (Å²) >= 11 is 11.9. The molecule has 0 aliphatic heterocycles. The summed E-state index contributed by atoms with van der Waals surface area (Å²) in [6, 6.07) is 9.03. The van der Waals surface area contributed by atoms with Crippen LogP contribution in [0.5, 0.6) is 5.75 Å². The molecule has 0 saturated heterocycles. The molecule has 0 radical (unpaired) electrons. The monoisotopic (exact) mass is 465 g/mol. The first-order valence-corrected chi connectivity index (χ1v) is 10.4. The maximum atomic E-state index is 12.5. The van der Waals surface area contributed by atoms with E-state index in [1.54, 1.807) is 19.9 Å². The number of rotatable bonds is 7. The third-order valence-electron chi connectivity index (χ3n) is 4.58. The number of benzene rings is 2. The number of carbonyl (C=O) groups excluding carboxylic acids is 3. The predicted octanol–water partition coefficient (Wildman–Crippen LogP) is 3.59. The maximum absolute atomic E-state index is 12.5. The largest absolute Gasteiger partial charge is 0.484 e. The first-order chi connectivity index (χ1) is 14.6. The van der Waals surface area contributed by atoms with Gasteiger partial charge in [-0.2, -0.15) is 0 Å². The van der Waals surface area contributed by atoms with Crippen molar-refractivity contribution in [1.29, 1.82) is 0 Å². The minimum Gasteiger partial charge on any atom is -0.484 e. The van der Waals surface area contributed by atoms with Gasteiger partial charge in [0.25, 0.3) is 17.7 Å². The first-order valence-electron chi connectivity index (χ1n) is 9.63. The second-order valence-corrected chi connectivity index (χ2v) is 8.24. The number of ether oxygens (including phenoxy) is 1. The second-order valence-electron chi connectivity index (χ2n) is 7.39. The number of amides is 3. The highest BCUT2D eigenvalue weighted by atomic mass is 35.5. The molecule has 0 saturated carbocycles. The molecule has 166 valence electrons. The van der Waals surface area contributed by atoms with E-state index in [4.69, 9.17) is 27.9 Å². The summed E-state index contributed by atoms with van der Waals surface area (Å²) in [5, 5.41) is 3.19. The molecule has 9 heteroatoms. The van der Waals surface area contributed by atoms with Crippen molar-refractivity contribution in [3.05, 3.63) is 63.1 Å². The zero-order valence-electron chi connectivity index (χ0n) is 17.7. The Kier molecular flexibility index (Phi) is 8.71. The third-order valence-corrected chi connectivity index (χ3v) is 5.13. The Labute approximate surface area is 191 Å². The SMILES string of the molecule is Cc1ccc(OCC(=O)NNC(=O)[C@@H](NC(=O)c2ccc(Cl)cc2Cl)C(C)C)cc1C. The van der Waals surface area contributed by atoms with Crippen LogP contribution in [0.25, 0.3) is 0 Å². The lowest BCUT2D eigenvalue weighted by Crippen LogP contribution is -2.55. The summed E-state index contributed by atoms with van der Waals surface area (Å²) in [6.07, 6.45) is 0. The zero-order chi connectivity index (χ0) is 23.1. The van der Waals surface area contributed by atoms with Gasteiger partial charge in [0, 0.05) is 5.02 Å². The van der Waals surface area contributed by atoms with Gasteiger partial charge in [-0.15, -0.1) is 0 Å². The van der Waals surface area contributed by atoms with Crippen molar-refractivity contribution in [2.45, 2.75) is 33.7 Å². The zero-order valence-corrected chi connectivity index (χ0v) is 19.2. The Morgan fingerprint density at radius 3 is 2.29 bits per heavy atom. The number of halogens is 2. The number of aryl methyl sites for hydroxylation is 2. The smallest absolute Gasteiger partial charge is 0.276 e. The number of hydrogen-bond acceptors (Lipinski definition) is 4. The van der Waals surface area contributed by atoms with Gasteiger partial charge in [0.2, 0.25) is 0 Å². The van der Waals surface area contributed by atoms with Crippen LogP contribution in [0.1, 0.15) is 35.3 Å². The average Bonchev–Trinajstić information content (AvgIpc) is 2.70. The molecule has 0 spiro atoms. The van der Waals surface area contributed by atoms with Crippen molar-refractivity contribution in [2.24, 2.45) is 5.92 Å². The van der Waals surface area contributed by atoms with Gasteiger partial charge in [0.1, 0.15) is 11.8 Å². The molecule has 0 fully saturated rings. The molecule has 0 bridgehead atoms. The summed E-state index contributed by atoms with van der Waals surface area (Å²) in [5.41, 5.74) is 6.95. The van der Waals surface area contributed by atoms with Crippen molar-refractivity contribution < 1.29 is 19.1 Å². The molecule has 0 heterocycles. The fourth-order valence-corrected chi connectivity index (χ4v) is 3.12.